The van der Waals surface area contributed by atoms with Gasteiger partial charge in [0.15, 0.2) is 0 Å². The van der Waals surface area contributed by atoms with Gasteiger partial charge in [0.2, 0.25) is 5.91 Å². The first-order valence-electron chi connectivity index (χ1n) is 7.76. The van der Waals surface area contributed by atoms with E-state index in [1.165, 1.54) is 6.07 Å². The van der Waals surface area contributed by atoms with Crippen LogP contribution >= 0.6 is 0 Å². The number of rotatable bonds is 4. The van der Waals surface area contributed by atoms with E-state index in [4.69, 9.17) is 5.73 Å². The number of nitrogens with zero attached hydrogens (tertiary/aromatic N) is 1. The van der Waals surface area contributed by atoms with Gasteiger partial charge in [0, 0.05) is 25.1 Å². The molecule has 1 aromatic rings. The van der Waals surface area contributed by atoms with E-state index in [2.05, 4.69) is 0 Å². The predicted molar refractivity (Wildman–Crippen MR) is 82.1 cm³/mol. The van der Waals surface area contributed by atoms with Crippen LogP contribution in [-0.2, 0) is 4.79 Å². The molecule has 1 aromatic carbocycles. The molecule has 21 heavy (non-hydrogen) atoms. The van der Waals surface area contributed by atoms with Gasteiger partial charge >= 0.3 is 0 Å². The number of hydrogen-bond donors (Lipinski definition) is 1. The van der Waals surface area contributed by atoms with Crippen molar-refractivity contribution in [2.24, 2.45) is 11.7 Å². The van der Waals surface area contributed by atoms with Gasteiger partial charge in [0.25, 0.3) is 0 Å². The van der Waals surface area contributed by atoms with Crippen LogP contribution in [0, 0.1) is 11.7 Å². The summed E-state index contributed by atoms with van der Waals surface area (Å²) in [6, 6.07) is 6.48. The van der Waals surface area contributed by atoms with E-state index >= 15 is 0 Å². The predicted octanol–water partition coefficient (Wildman–Crippen LogP) is 3.25. The Kier molecular flexibility index (Phi) is 5.34. The van der Waals surface area contributed by atoms with Crippen molar-refractivity contribution in [3.8, 4) is 0 Å². The number of carbonyl (C=O) groups excluding carboxylic acids is 1. The highest BCUT2D eigenvalue weighted by Gasteiger charge is 2.27. The second-order valence-electron chi connectivity index (χ2n) is 6.11. The van der Waals surface area contributed by atoms with Crippen molar-refractivity contribution in [1.82, 2.24) is 4.90 Å². The zero-order valence-corrected chi connectivity index (χ0v) is 12.9. The Morgan fingerprint density at radius 1 is 1.38 bits per heavy atom. The minimum absolute atomic E-state index is 0.0492. The molecule has 2 N–H and O–H groups in total. The van der Waals surface area contributed by atoms with Gasteiger partial charge in [-0.15, -0.1) is 0 Å². The fourth-order valence-electron chi connectivity index (χ4n) is 3.10. The number of carbonyl (C=O) groups is 1. The molecule has 0 bridgehead atoms. The summed E-state index contributed by atoms with van der Waals surface area (Å²) in [4.78, 5) is 14.1. The fourth-order valence-corrected chi connectivity index (χ4v) is 3.10. The second-order valence-corrected chi connectivity index (χ2v) is 6.11. The van der Waals surface area contributed by atoms with Crippen LogP contribution in [0.2, 0.25) is 0 Å². The number of halogens is 1. The van der Waals surface area contributed by atoms with Gasteiger partial charge in [-0.2, -0.15) is 0 Å². The average Bonchev–Trinajstić information content (AvgIpc) is 2.48. The normalized spacial score (nSPS) is 23.6. The third-order valence-corrected chi connectivity index (χ3v) is 4.73. The Hall–Kier alpha value is -1.42. The van der Waals surface area contributed by atoms with E-state index in [-0.39, 0.29) is 29.7 Å². The highest BCUT2D eigenvalue weighted by molar-refractivity contribution is 5.76. The van der Waals surface area contributed by atoms with E-state index in [0.717, 1.165) is 25.7 Å². The number of hydrogen-bond acceptors (Lipinski definition) is 2. The first kappa shape index (κ1) is 16.0. The molecule has 1 saturated carbocycles. The Balaban J connectivity index is 2.00. The zero-order valence-electron chi connectivity index (χ0n) is 12.9. The highest BCUT2D eigenvalue weighted by Crippen LogP contribution is 2.28. The van der Waals surface area contributed by atoms with E-state index in [1.54, 1.807) is 30.1 Å². The Morgan fingerprint density at radius 3 is 2.71 bits per heavy atom. The molecule has 1 aliphatic carbocycles. The van der Waals surface area contributed by atoms with Crippen molar-refractivity contribution in [2.75, 3.05) is 7.05 Å². The molecule has 1 amide bonds. The lowest BCUT2D eigenvalue weighted by Gasteiger charge is -2.31. The van der Waals surface area contributed by atoms with Crippen LogP contribution in [0.4, 0.5) is 4.39 Å². The monoisotopic (exact) mass is 292 g/mol. The van der Waals surface area contributed by atoms with E-state index < -0.39 is 0 Å². The number of amides is 1. The van der Waals surface area contributed by atoms with Crippen molar-refractivity contribution >= 4 is 5.91 Å². The lowest BCUT2D eigenvalue weighted by atomic mass is 9.82. The molecule has 0 heterocycles. The third-order valence-electron chi connectivity index (χ3n) is 4.73. The first-order valence-corrected chi connectivity index (χ1v) is 7.76. The molecule has 3 nitrogen and oxygen atoms in total. The molecular weight excluding hydrogens is 267 g/mol. The van der Waals surface area contributed by atoms with Crippen LogP contribution in [0.1, 0.15) is 50.6 Å². The van der Waals surface area contributed by atoms with Crippen molar-refractivity contribution < 1.29 is 9.18 Å². The van der Waals surface area contributed by atoms with Crippen LogP contribution in [-0.4, -0.2) is 23.9 Å². The smallest absolute Gasteiger partial charge is 0.223 e. The minimum Gasteiger partial charge on any atom is -0.339 e. The first-order chi connectivity index (χ1) is 10.0. The van der Waals surface area contributed by atoms with Crippen molar-refractivity contribution in [2.45, 2.75) is 51.1 Å². The summed E-state index contributed by atoms with van der Waals surface area (Å²) in [5, 5.41) is 0. The summed E-state index contributed by atoms with van der Waals surface area (Å²) in [6.07, 6.45) is 4.81. The lowest BCUT2D eigenvalue weighted by molar-refractivity contribution is -0.133. The summed E-state index contributed by atoms with van der Waals surface area (Å²) >= 11 is 0. The summed E-state index contributed by atoms with van der Waals surface area (Å²) in [7, 11) is 1.74. The van der Waals surface area contributed by atoms with E-state index in [0.29, 0.717) is 12.0 Å². The maximum absolute atomic E-state index is 13.8. The molecule has 116 valence electrons. The van der Waals surface area contributed by atoms with Crippen LogP contribution in [0.5, 0.6) is 0 Å². The van der Waals surface area contributed by atoms with Gasteiger partial charge in [0.1, 0.15) is 5.82 Å². The third kappa shape index (κ3) is 3.82. The van der Waals surface area contributed by atoms with Crippen LogP contribution < -0.4 is 5.73 Å². The molecule has 3 atom stereocenters. The maximum Gasteiger partial charge on any atom is 0.223 e. The van der Waals surface area contributed by atoms with Crippen LogP contribution in [0.15, 0.2) is 24.3 Å². The summed E-state index contributed by atoms with van der Waals surface area (Å²) in [6.45, 7) is 1.86. The highest BCUT2D eigenvalue weighted by atomic mass is 19.1. The molecule has 4 heteroatoms. The summed E-state index contributed by atoms with van der Waals surface area (Å²) in [5.74, 6) is 0.0497. The molecule has 1 fully saturated rings. The molecule has 1 aliphatic rings. The molecule has 0 aromatic heterocycles. The average molecular weight is 292 g/mol. The van der Waals surface area contributed by atoms with Crippen LogP contribution in [0.3, 0.4) is 0 Å². The Bertz CT molecular complexity index is 491. The fraction of sp³-hybridized carbons (Fsp3) is 0.588. The molecule has 0 saturated heterocycles. The van der Waals surface area contributed by atoms with Gasteiger partial charge in [-0.25, -0.2) is 4.39 Å². The molecule has 2 rings (SSSR count). The largest absolute Gasteiger partial charge is 0.339 e. The quantitative estimate of drug-likeness (QED) is 0.926. The van der Waals surface area contributed by atoms with Crippen LogP contribution in [0.25, 0.3) is 0 Å². The summed E-state index contributed by atoms with van der Waals surface area (Å²) < 4.78 is 13.8. The topological polar surface area (TPSA) is 46.3 Å². The van der Waals surface area contributed by atoms with Gasteiger partial charge in [-0.1, -0.05) is 31.0 Å². The Labute approximate surface area is 126 Å². The van der Waals surface area contributed by atoms with Gasteiger partial charge < -0.3 is 10.6 Å². The van der Waals surface area contributed by atoms with E-state index in [1.807, 2.05) is 6.92 Å². The number of nitrogens with two attached hydrogens (primary N) is 1. The summed E-state index contributed by atoms with van der Waals surface area (Å²) in [5.41, 5.74) is 6.66. The Morgan fingerprint density at radius 2 is 2.05 bits per heavy atom. The SMILES string of the molecule is CC(c1ccccc1F)N(C)C(=O)CC1CCCCC1N. The van der Waals surface area contributed by atoms with E-state index in [9.17, 15) is 9.18 Å². The standard InChI is InChI=1S/C17H25FN2O/c1-12(14-8-4-5-9-15(14)18)20(2)17(21)11-13-7-3-6-10-16(13)19/h4-5,8-9,12-13,16H,3,6-7,10-11,19H2,1-2H3. The van der Waals surface area contributed by atoms with Gasteiger partial charge in [-0.05, 0) is 31.7 Å². The maximum atomic E-state index is 13.8. The minimum atomic E-state index is -0.265. The number of benzene rings is 1. The lowest BCUT2D eigenvalue weighted by Crippen LogP contribution is -2.38. The second kappa shape index (κ2) is 7.03. The molecule has 0 spiro atoms. The zero-order chi connectivity index (χ0) is 15.4. The molecule has 0 aliphatic heterocycles. The van der Waals surface area contributed by atoms with Crippen molar-refractivity contribution in [3.63, 3.8) is 0 Å². The van der Waals surface area contributed by atoms with Gasteiger partial charge in [0.05, 0.1) is 6.04 Å². The molecule has 0 radical (unpaired) electrons. The molecule has 3 unspecified atom stereocenters. The van der Waals surface area contributed by atoms with Gasteiger partial charge in [-0.3, -0.25) is 4.79 Å². The van der Waals surface area contributed by atoms with Crippen molar-refractivity contribution in [1.29, 1.82) is 0 Å². The molecular formula is C17H25FN2O. The van der Waals surface area contributed by atoms with Crippen molar-refractivity contribution in [3.05, 3.63) is 35.6 Å².